The molecule has 2 N–H and O–H groups in total. The van der Waals surface area contributed by atoms with Crippen molar-refractivity contribution in [2.75, 3.05) is 0 Å². The summed E-state index contributed by atoms with van der Waals surface area (Å²) in [6.45, 7) is 10.8. The van der Waals surface area contributed by atoms with Gasteiger partial charge in [0.05, 0.1) is 6.04 Å². The lowest BCUT2D eigenvalue weighted by molar-refractivity contribution is 0.503. The number of rotatable bonds is 3. The normalized spacial score (nSPS) is 14.1. The van der Waals surface area contributed by atoms with Crippen LogP contribution in [0.3, 0.4) is 0 Å². The summed E-state index contributed by atoms with van der Waals surface area (Å²) in [5, 5.41) is 1.20. The molecule has 2 heteroatoms. The molecule has 18 heavy (non-hydrogen) atoms. The fourth-order valence-electron chi connectivity index (χ4n) is 2.30. The first-order chi connectivity index (χ1) is 8.36. The Morgan fingerprint density at radius 3 is 2.56 bits per heavy atom. The highest BCUT2D eigenvalue weighted by molar-refractivity contribution is 5.83. The Hall–Kier alpha value is -1.28. The van der Waals surface area contributed by atoms with Gasteiger partial charge in [-0.3, -0.25) is 0 Å². The maximum Gasteiger partial charge on any atom is 0.134 e. The predicted molar refractivity (Wildman–Crippen MR) is 76.9 cm³/mol. The minimum absolute atomic E-state index is 0.0555. The van der Waals surface area contributed by atoms with Gasteiger partial charge in [0.15, 0.2) is 0 Å². The van der Waals surface area contributed by atoms with Crippen molar-refractivity contribution in [3.63, 3.8) is 0 Å². The van der Waals surface area contributed by atoms with Gasteiger partial charge in [-0.1, -0.05) is 26.8 Å². The van der Waals surface area contributed by atoms with Gasteiger partial charge in [-0.15, -0.1) is 0 Å². The van der Waals surface area contributed by atoms with Gasteiger partial charge < -0.3 is 10.2 Å². The zero-order valence-corrected chi connectivity index (χ0v) is 12.0. The molecule has 2 aromatic rings. The first kappa shape index (κ1) is 13.2. The molecule has 0 fully saturated rings. The Labute approximate surface area is 109 Å². The van der Waals surface area contributed by atoms with Crippen molar-refractivity contribution in [1.29, 1.82) is 0 Å². The summed E-state index contributed by atoms with van der Waals surface area (Å²) in [6, 6.07) is 6.43. The van der Waals surface area contributed by atoms with Crippen LogP contribution in [-0.2, 0) is 5.41 Å². The Kier molecular flexibility index (Phi) is 3.24. The second-order valence-electron chi connectivity index (χ2n) is 5.83. The van der Waals surface area contributed by atoms with E-state index in [1.54, 1.807) is 0 Å². The topological polar surface area (TPSA) is 39.2 Å². The fraction of sp³-hybridized carbons (Fsp3) is 0.500. The number of benzene rings is 1. The van der Waals surface area contributed by atoms with Gasteiger partial charge in [-0.05, 0) is 48.9 Å². The van der Waals surface area contributed by atoms with Crippen LogP contribution in [0.2, 0.25) is 0 Å². The molecule has 0 saturated carbocycles. The van der Waals surface area contributed by atoms with Crippen molar-refractivity contribution >= 4 is 11.0 Å². The predicted octanol–water partition coefficient (Wildman–Crippen LogP) is 4.45. The maximum atomic E-state index is 5.93. The Morgan fingerprint density at radius 2 is 2.00 bits per heavy atom. The summed E-state index contributed by atoms with van der Waals surface area (Å²) in [6.07, 6.45) is 1.12. The molecule has 0 aliphatic rings. The molecule has 0 amide bonds. The molecule has 1 atom stereocenters. The summed E-state index contributed by atoms with van der Waals surface area (Å²) >= 11 is 0. The fourth-order valence-corrected chi connectivity index (χ4v) is 2.30. The van der Waals surface area contributed by atoms with E-state index in [2.05, 4.69) is 45.9 Å². The van der Waals surface area contributed by atoms with Gasteiger partial charge in [-0.2, -0.15) is 0 Å². The van der Waals surface area contributed by atoms with Gasteiger partial charge in [0.1, 0.15) is 11.3 Å². The molecule has 0 aliphatic heterocycles. The van der Waals surface area contributed by atoms with Crippen LogP contribution in [0.25, 0.3) is 11.0 Å². The van der Waals surface area contributed by atoms with Crippen LogP contribution in [0.15, 0.2) is 22.6 Å². The highest BCUT2D eigenvalue weighted by atomic mass is 16.3. The van der Waals surface area contributed by atoms with Gasteiger partial charge in [-0.25, -0.2) is 0 Å². The zero-order chi connectivity index (χ0) is 13.5. The van der Waals surface area contributed by atoms with Crippen molar-refractivity contribution < 1.29 is 4.42 Å². The van der Waals surface area contributed by atoms with E-state index < -0.39 is 0 Å². The highest BCUT2D eigenvalue weighted by Gasteiger charge is 2.20. The van der Waals surface area contributed by atoms with Crippen molar-refractivity contribution in [2.24, 2.45) is 5.73 Å². The molecular weight excluding hydrogens is 222 g/mol. The monoisotopic (exact) mass is 245 g/mol. The van der Waals surface area contributed by atoms with Crippen LogP contribution >= 0.6 is 0 Å². The third-order valence-corrected chi connectivity index (χ3v) is 4.05. The summed E-state index contributed by atoms with van der Waals surface area (Å²) in [7, 11) is 0. The Balaban J connectivity index is 2.62. The second kappa shape index (κ2) is 4.43. The van der Waals surface area contributed by atoms with Gasteiger partial charge in [0.25, 0.3) is 0 Å². The lowest BCUT2D eigenvalue weighted by atomic mass is 9.82. The Morgan fingerprint density at radius 1 is 1.33 bits per heavy atom. The smallest absolute Gasteiger partial charge is 0.134 e. The first-order valence-corrected chi connectivity index (χ1v) is 6.66. The van der Waals surface area contributed by atoms with Crippen LogP contribution in [0.1, 0.15) is 57.0 Å². The van der Waals surface area contributed by atoms with Crippen molar-refractivity contribution in [1.82, 2.24) is 0 Å². The molecule has 1 unspecified atom stereocenters. The van der Waals surface area contributed by atoms with E-state index in [4.69, 9.17) is 10.2 Å². The van der Waals surface area contributed by atoms with Crippen molar-refractivity contribution in [2.45, 2.75) is 52.5 Å². The summed E-state index contributed by atoms with van der Waals surface area (Å²) in [4.78, 5) is 0. The molecule has 1 aromatic heterocycles. The van der Waals surface area contributed by atoms with E-state index in [0.717, 1.165) is 17.8 Å². The molecule has 0 radical (unpaired) electrons. The number of furan rings is 1. The maximum absolute atomic E-state index is 5.93. The SMILES string of the molecule is CCC(C)(C)c1ccc2oc(C(C)N)c(C)c2c1. The summed E-state index contributed by atoms with van der Waals surface area (Å²) < 4.78 is 5.84. The molecule has 0 bridgehead atoms. The van der Waals surface area contributed by atoms with E-state index in [-0.39, 0.29) is 11.5 Å². The molecular formula is C16H23NO. The third kappa shape index (κ3) is 2.05. The summed E-state index contributed by atoms with van der Waals surface area (Å²) in [5.74, 6) is 0.899. The van der Waals surface area contributed by atoms with Gasteiger partial charge in [0, 0.05) is 5.39 Å². The average molecular weight is 245 g/mol. The second-order valence-corrected chi connectivity index (χ2v) is 5.83. The van der Waals surface area contributed by atoms with E-state index in [1.165, 1.54) is 16.5 Å². The Bertz CT molecular complexity index is 564. The molecule has 0 aliphatic carbocycles. The number of hydrogen-bond donors (Lipinski definition) is 1. The van der Waals surface area contributed by atoms with Crippen molar-refractivity contribution in [3.8, 4) is 0 Å². The van der Waals surface area contributed by atoms with Crippen LogP contribution in [0, 0.1) is 6.92 Å². The van der Waals surface area contributed by atoms with E-state index in [0.29, 0.717) is 0 Å². The number of fused-ring (bicyclic) bond motifs is 1. The zero-order valence-electron chi connectivity index (χ0n) is 12.0. The highest BCUT2D eigenvalue weighted by Crippen LogP contribution is 2.33. The molecule has 2 rings (SSSR count). The first-order valence-electron chi connectivity index (χ1n) is 6.66. The molecule has 2 nitrogen and oxygen atoms in total. The molecule has 0 spiro atoms. The van der Waals surface area contributed by atoms with Crippen molar-refractivity contribution in [3.05, 3.63) is 35.1 Å². The number of hydrogen-bond acceptors (Lipinski definition) is 2. The minimum atomic E-state index is -0.0555. The number of aryl methyl sites for hydroxylation is 1. The van der Waals surface area contributed by atoms with E-state index in [9.17, 15) is 0 Å². The largest absolute Gasteiger partial charge is 0.459 e. The minimum Gasteiger partial charge on any atom is -0.459 e. The molecule has 98 valence electrons. The van der Waals surface area contributed by atoms with Crippen LogP contribution in [-0.4, -0.2) is 0 Å². The number of nitrogens with two attached hydrogens (primary N) is 1. The lowest BCUT2D eigenvalue weighted by Gasteiger charge is -2.23. The van der Waals surface area contributed by atoms with E-state index >= 15 is 0 Å². The standard InChI is InChI=1S/C16H23NO/c1-6-16(4,5)12-7-8-14-13(9-12)10(2)15(18-14)11(3)17/h7-9,11H,6,17H2,1-5H3. The average Bonchev–Trinajstić information content (AvgIpc) is 2.66. The molecule has 1 aromatic carbocycles. The quantitative estimate of drug-likeness (QED) is 0.867. The molecule has 0 saturated heterocycles. The molecule has 1 heterocycles. The van der Waals surface area contributed by atoms with Crippen LogP contribution < -0.4 is 5.73 Å². The van der Waals surface area contributed by atoms with Gasteiger partial charge in [0.2, 0.25) is 0 Å². The van der Waals surface area contributed by atoms with Crippen LogP contribution in [0.5, 0.6) is 0 Å². The van der Waals surface area contributed by atoms with Gasteiger partial charge >= 0.3 is 0 Å². The lowest BCUT2D eigenvalue weighted by Crippen LogP contribution is -2.15. The third-order valence-electron chi connectivity index (χ3n) is 4.05. The van der Waals surface area contributed by atoms with E-state index in [1.807, 2.05) is 6.92 Å². The van der Waals surface area contributed by atoms with Crippen LogP contribution in [0.4, 0.5) is 0 Å². The summed E-state index contributed by atoms with van der Waals surface area (Å²) in [5.41, 5.74) is 9.61.